The van der Waals surface area contributed by atoms with Crippen LogP contribution in [0, 0.1) is 12.8 Å². The summed E-state index contributed by atoms with van der Waals surface area (Å²) in [5.41, 5.74) is 3.59. The van der Waals surface area contributed by atoms with Crippen molar-refractivity contribution in [3.8, 4) is 11.4 Å². The molecule has 1 N–H and O–H groups in total. The lowest BCUT2D eigenvalue weighted by molar-refractivity contribution is -0.199. The molecule has 2 amide bonds. The molecule has 0 spiro atoms. The van der Waals surface area contributed by atoms with Crippen molar-refractivity contribution in [3.05, 3.63) is 71.8 Å². The van der Waals surface area contributed by atoms with Crippen molar-refractivity contribution in [1.29, 1.82) is 0 Å². The van der Waals surface area contributed by atoms with E-state index in [0.29, 0.717) is 10.8 Å². The minimum atomic E-state index is -5.29. The molecule has 4 rings (SSSR count). The molecule has 1 heterocycles. The van der Waals surface area contributed by atoms with Crippen LogP contribution in [0.5, 0.6) is 5.75 Å². The van der Waals surface area contributed by atoms with Gasteiger partial charge in [0.1, 0.15) is 5.75 Å². The number of methoxy groups -OCH3 is 1. The van der Waals surface area contributed by atoms with E-state index in [-0.39, 0.29) is 23.9 Å². The third-order valence-corrected chi connectivity index (χ3v) is 5.97. The lowest BCUT2D eigenvalue weighted by Gasteiger charge is -2.27. The second-order valence-corrected chi connectivity index (χ2v) is 8.51. The van der Waals surface area contributed by atoms with Crippen molar-refractivity contribution in [1.82, 2.24) is 14.9 Å². The van der Waals surface area contributed by atoms with Crippen LogP contribution in [0.4, 0.5) is 23.7 Å². The Morgan fingerprint density at radius 3 is 2.61 bits per heavy atom. The summed E-state index contributed by atoms with van der Waals surface area (Å²) < 4.78 is 45.9. The topological polar surface area (TPSA) is 85.7 Å². The van der Waals surface area contributed by atoms with E-state index in [2.05, 4.69) is 21.2 Å². The molecule has 1 aliphatic rings. The maximum Gasteiger partial charge on any atom is 0.493 e. The summed E-state index contributed by atoms with van der Waals surface area (Å²) in [5, 5.41) is 2.92. The third kappa shape index (κ3) is 5.61. The number of hydrogen-bond acceptors (Lipinski definition) is 5. The lowest BCUT2D eigenvalue weighted by atomic mass is 9.84. The molecule has 36 heavy (non-hydrogen) atoms. The molecule has 0 saturated carbocycles. The minimum absolute atomic E-state index is 0.0883. The number of halogens is 3. The van der Waals surface area contributed by atoms with Crippen LogP contribution in [-0.4, -0.2) is 41.4 Å². The Morgan fingerprint density at radius 2 is 1.94 bits per heavy atom. The van der Waals surface area contributed by atoms with Crippen LogP contribution < -0.4 is 15.1 Å². The van der Waals surface area contributed by atoms with Gasteiger partial charge in [-0.2, -0.15) is 13.2 Å². The van der Waals surface area contributed by atoms with E-state index in [9.17, 15) is 22.8 Å². The zero-order chi connectivity index (χ0) is 25.9. The van der Waals surface area contributed by atoms with Gasteiger partial charge in [0.2, 0.25) is 0 Å². The highest BCUT2D eigenvalue weighted by molar-refractivity contribution is 5.93. The highest BCUT2D eigenvalue weighted by Gasteiger charge is 2.44. The molecule has 0 aliphatic heterocycles. The summed E-state index contributed by atoms with van der Waals surface area (Å²) in [6.07, 6.45) is 0.370. The number of urea groups is 1. The first-order chi connectivity index (χ1) is 17.2. The first-order valence-corrected chi connectivity index (χ1v) is 11.3. The van der Waals surface area contributed by atoms with Gasteiger partial charge in [0.15, 0.2) is 0 Å². The number of rotatable bonds is 5. The molecular formula is C25H25F3N4O4. The molecule has 1 aliphatic carbocycles. The second kappa shape index (κ2) is 10.3. The molecule has 0 fully saturated rings. The average molecular weight is 502 g/mol. The predicted octanol–water partition coefficient (Wildman–Crippen LogP) is 4.53. The largest absolute Gasteiger partial charge is 0.494 e. The van der Waals surface area contributed by atoms with Crippen LogP contribution in [0.3, 0.4) is 0 Å². The minimum Gasteiger partial charge on any atom is -0.494 e. The number of nitrogens with one attached hydrogen (secondary N) is 1. The van der Waals surface area contributed by atoms with Crippen LogP contribution in [-0.2, 0) is 22.5 Å². The zero-order valence-electron chi connectivity index (χ0n) is 19.7. The van der Waals surface area contributed by atoms with Crippen molar-refractivity contribution in [2.24, 2.45) is 5.92 Å². The molecule has 1 unspecified atom stereocenters. The Labute approximate surface area is 205 Å². The second-order valence-electron chi connectivity index (χ2n) is 8.51. The summed E-state index contributed by atoms with van der Waals surface area (Å²) >= 11 is 0. The number of hydrogen-bond donors (Lipinski definition) is 1. The number of carbonyl (C=O) groups excluding carboxylic acids is 2. The molecule has 8 nitrogen and oxygen atoms in total. The van der Waals surface area contributed by atoms with Crippen LogP contribution in [0.25, 0.3) is 5.69 Å². The third-order valence-electron chi connectivity index (χ3n) is 5.97. The van der Waals surface area contributed by atoms with Crippen LogP contribution in [0.15, 0.2) is 55.0 Å². The number of aromatic nitrogens is 2. The fourth-order valence-corrected chi connectivity index (χ4v) is 4.16. The number of fused-ring (bicyclic) bond motifs is 1. The number of imidazole rings is 1. The highest BCUT2D eigenvalue weighted by Crippen LogP contribution is 2.30. The van der Waals surface area contributed by atoms with Crippen molar-refractivity contribution < 1.29 is 32.3 Å². The van der Waals surface area contributed by atoms with E-state index in [1.54, 1.807) is 24.0 Å². The molecule has 190 valence electrons. The zero-order valence-corrected chi connectivity index (χ0v) is 19.7. The molecule has 11 heteroatoms. The number of nitrogens with zero attached hydrogens (tertiary/aromatic N) is 3. The molecular weight excluding hydrogens is 477 g/mol. The van der Waals surface area contributed by atoms with Gasteiger partial charge in [0.25, 0.3) is 0 Å². The fourth-order valence-electron chi connectivity index (χ4n) is 4.16. The van der Waals surface area contributed by atoms with Crippen LogP contribution in [0.1, 0.15) is 23.2 Å². The van der Waals surface area contributed by atoms with Crippen molar-refractivity contribution >= 4 is 17.7 Å². The summed E-state index contributed by atoms with van der Waals surface area (Å²) in [6, 6.07) is 11.2. The van der Waals surface area contributed by atoms with Gasteiger partial charge >= 0.3 is 18.2 Å². The molecule has 0 saturated heterocycles. The van der Waals surface area contributed by atoms with Gasteiger partial charge in [0, 0.05) is 18.8 Å². The highest BCUT2D eigenvalue weighted by atomic mass is 19.4. The molecule has 0 bridgehead atoms. The normalized spacial score (nSPS) is 15.1. The van der Waals surface area contributed by atoms with E-state index >= 15 is 0 Å². The van der Waals surface area contributed by atoms with Gasteiger partial charge in [-0.1, -0.05) is 24.3 Å². The van der Waals surface area contributed by atoms with E-state index in [1.807, 2.05) is 18.2 Å². The first-order valence-electron chi connectivity index (χ1n) is 11.3. The van der Waals surface area contributed by atoms with E-state index < -0.39 is 18.2 Å². The smallest absolute Gasteiger partial charge is 0.493 e. The summed E-state index contributed by atoms with van der Waals surface area (Å²) in [6.45, 7) is 2.00. The van der Waals surface area contributed by atoms with Crippen molar-refractivity contribution in [2.45, 2.75) is 32.4 Å². The Morgan fingerprint density at radius 1 is 1.19 bits per heavy atom. The number of benzene rings is 2. The lowest BCUT2D eigenvalue weighted by Crippen LogP contribution is -2.45. The van der Waals surface area contributed by atoms with Gasteiger partial charge in [0.05, 0.1) is 30.5 Å². The van der Waals surface area contributed by atoms with Gasteiger partial charge in [-0.3, -0.25) is 0 Å². The van der Waals surface area contributed by atoms with Gasteiger partial charge in [-0.25, -0.2) is 14.6 Å². The maximum atomic E-state index is 13.0. The number of aryl methyl sites for hydroxylation is 2. The molecule has 0 radical (unpaired) electrons. The van der Waals surface area contributed by atoms with Gasteiger partial charge in [-0.15, -0.1) is 5.06 Å². The summed E-state index contributed by atoms with van der Waals surface area (Å²) in [7, 11) is 1.37. The maximum absolute atomic E-state index is 13.0. The molecule has 3 aromatic rings. The van der Waals surface area contributed by atoms with Crippen molar-refractivity contribution in [2.75, 3.05) is 18.7 Å². The molecule has 1 atom stereocenters. The fraction of sp³-hybridized carbons (Fsp3) is 0.320. The monoisotopic (exact) mass is 502 g/mol. The van der Waals surface area contributed by atoms with Crippen molar-refractivity contribution in [3.63, 3.8) is 0 Å². The van der Waals surface area contributed by atoms with Gasteiger partial charge < -0.3 is 19.5 Å². The van der Waals surface area contributed by atoms with Gasteiger partial charge in [-0.05, 0) is 55.4 Å². The van der Waals surface area contributed by atoms with E-state index in [4.69, 9.17) is 4.74 Å². The quantitative estimate of drug-likeness (QED) is 0.518. The number of ether oxygens (including phenoxy) is 1. The number of alkyl halides is 3. The Bertz CT molecular complexity index is 1260. The van der Waals surface area contributed by atoms with E-state index in [0.717, 1.165) is 25.0 Å². The molecule has 1 aromatic heterocycles. The Kier molecular flexibility index (Phi) is 7.18. The summed E-state index contributed by atoms with van der Waals surface area (Å²) in [5.74, 6) is -2.20. The Hall–Kier alpha value is -4.02. The number of carbonyl (C=O) groups is 2. The number of amides is 2. The van der Waals surface area contributed by atoms with Crippen LogP contribution >= 0.6 is 0 Å². The predicted molar refractivity (Wildman–Crippen MR) is 125 cm³/mol. The number of hydroxylamine groups is 1. The first kappa shape index (κ1) is 25.1. The van der Waals surface area contributed by atoms with Crippen LogP contribution in [0.2, 0.25) is 0 Å². The average Bonchev–Trinajstić information content (AvgIpc) is 3.30. The SMILES string of the molecule is COc1cc(N(OC(=O)C(F)(F)F)C(=O)NCC2CCc3ccccc3C2)ccc1-n1cnc(C)c1. The number of anilines is 1. The summed E-state index contributed by atoms with van der Waals surface area (Å²) in [4.78, 5) is 33.2. The standard InChI is InChI=1S/C25H25F3N4O4/c1-16-14-31(15-30-16)21-10-9-20(12-22(21)35-2)32(36-23(33)25(26,27)28)24(34)29-13-17-7-8-18-5-3-4-6-19(18)11-17/h3-6,9-10,12,14-15,17H,7-8,11,13H2,1-2H3,(H,29,34). The Balaban J connectivity index is 1.55. The molecule has 2 aromatic carbocycles. The van der Waals surface area contributed by atoms with E-state index in [1.165, 1.54) is 36.4 Å².